The van der Waals surface area contributed by atoms with E-state index in [4.69, 9.17) is 21.1 Å². The van der Waals surface area contributed by atoms with E-state index >= 15 is 0 Å². The summed E-state index contributed by atoms with van der Waals surface area (Å²) in [5.74, 6) is 0.404. The van der Waals surface area contributed by atoms with Gasteiger partial charge >= 0.3 is 6.09 Å². The maximum absolute atomic E-state index is 13.5. The smallest absolute Gasteiger partial charge is 0.410 e. The molecule has 0 aliphatic carbocycles. The monoisotopic (exact) mass is 611 g/mol. The molecular weight excluding hydrogens is 582 g/mol. The summed E-state index contributed by atoms with van der Waals surface area (Å²) in [5.41, 5.74) is 1.78. The van der Waals surface area contributed by atoms with Crippen molar-refractivity contribution in [1.82, 2.24) is 14.8 Å². The van der Waals surface area contributed by atoms with Crippen LogP contribution >= 0.6 is 27.5 Å². The number of carbonyl (C=O) groups excluding carboxylic acids is 2. The van der Waals surface area contributed by atoms with Crippen molar-refractivity contribution in [3.8, 4) is 5.75 Å². The van der Waals surface area contributed by atoms with Gasteiger partial charge in [-0.3, -0.25) is 9.78 Å². The van der Waals surface area contributed by atoms with Gasteiger partial charge < -0.3 is 19.3 Å². The van der Waals surface area contributed by atoms with Crippen LogP contribution in [0.5, 0.6) is 5.75 Å². The molecule has 0 radical (unpaired) electrons. The summed E-state index contributed by atoms with van der Waals surface area (Å²) in [7, 11) is 0. The van der Waals surface area contributed by atoms with E-state index in [0.717, 1.165) is 10.0 Å². The number of ether oxygens (including phenoxy) is 2. The third-order valence-corrected chi connectivity index (χ3v) is 7.07. The van der Waals surface area contributed by atoms with Crippen LogP contribution in [-0.2, 0) is 16.1 Å². The van der Waals surface area contributed by atoms with E-state index in [1.54, 1.807) is 40.3 Å². The first-order valence-electron chi connectivity index (χ1n) is 12.6. The topological polar surface area (TPSA) is 72.0 Å². The van der Waals surface area contributed by atoms with E-state index in [1.165, 1.54) is 6.08 Å². The zero-order valence-corrected chi connectivity index (χ0v) is 24.5. The number of aromatic nitrogens is 1. The van der Waals surface area contributed by atoms with E-state index in [0.29, 0.717) is 41.7 Å². The Kier molecular flexibility index (Phi) is 9.30. The summed E-state index contributed by atoms with van der Waals surface area (Å²) in [4.78, 5) is 34.1. The Balaban J connectivity index is 1.52. The molecule has 1 aliphatic heterocycles. The minimum atomic E-state index is -0.611. The van der Waals surface area contributed by atoms with Gasteiger partial charge in [-0.1, -0.05) is 51.8 Å². The summed E-state index contributed by atoms with van der Waals surface area (Å²) in [6, 6.07) is 18.3. The molecule has 2 aromatic carbocycles. The molecule has 1 saturated heterocycles. The number of rotatable bonds is 6. The van der Waals surface area contributed by atoms with Crippen molar-refractivity contribution in [3.05, 3.63) is 99.3 Å². The normalized spacial score (nSPS) is 15.9. The van der Waals surface area contributed by atoms with Crippen molar-refractivity contribution >= 4 is 45.6 Å². The SMILES string of the molecule is CC(C)(C)OC(=O)N1CCN(C(=O)/C=C/c2cc(Cl)ccc2OCc2ccccc2Br)C(c2ccccn2)C1. The second kappa shape index (κ2) is 12.7. The van der Waals surface area contributed by atoms with Gasteiger partial charge in [0.2, 0.25) is 5.91 Å². The maximum Gasteiger partial charge on any atom is 0.410 e. The fourth-order valence-electron chi connectivity index (χ4n) is 4.17. The van der Waals surface area contributed by atoms with Crippen LogP contribution in [0, 0.1) is 0 Å². The molecule has 1 fully saturated rings. The van der Waals surface area contributed by atoms with E-state index in [9.17, 15) is 9.59 Å². The Bertz CT molecular complexity index is 1340. The van der Waals surface area contributed by atoms with Crippen LogP contribution in [0.1, 0.15) is 43.6 Å². The van der Waals surface area contributed by atoms with Crippen LogP contribution in [0.4, 0.5) is 4.79 Å². The molecule has 9 heteroatoms. The first-order chi connectivity index (χ1) is 18.6. The first-order valence-corrected chi connectivity index (χ1v) is 13.8. The Morgan fingerprint density at radius 1 is 1.10 bits per heavy atom. The molecule has 2 amide bonds. The lowest BCUT2D eigenvalue weighted by atomic mass is 10.1. The lowest BCUT2D eigenvalue weighted by molar-refractivity contribution is -0.131. The summed E-state index contributed by atoms with van der Waals surface area (Å²) >= 11 is 9.81. The number of piperazine rings is 1. The van der Waals surface area contributed by atoms with Crippen molar-refractivity contribution in [2.45, 2.75) is 39.0 Å². The molecule has 1 unspecified atom stereocenters. The van der Waals surface area contributed by atoms with E-state index in [2.05, 4.69) is 20.9 Å². The van der Waals surface area contributed by atoms with Crippen molar-refractivity contribution in [2.75, 3.05) is 19.6 Å². The Hall–Kier alpha value is -3.36. The number of hydrogen-bond acceptors (Lipinski definition) is 5. The van der Waals surface area contributed by atoms with Gasteiger partial charge in [-0.2, -0.15) is 0 Å². The average molecular weight is 613 g/mol. The number of hydrogen-bond donors (Lipinski definition) is 0. The highest BCUT2D eigenvalue weighted by atomic mass is 79.9. The van der Waals surface area contributed by atoms with E-state index < -0.39 is 17.7 Å². The highest BCUT2D eigenvalue weighted by molar-refractivity contribution is 9.10. The van der Waals surface area contributed by atoms with Crippen LogP contribution < -0.4 is 4.74 Å². The average Bonchev–Trinajstić information content (AvgIpc) is 2.91. The van der Waals surface area contributed by atoms with Crippen molar-refractivity contribution in [2.24, 2.45) is 0 Å². The highest BCUT2D eigenvalue weighted by Gasteiger charge is 2.35. The van der Waals surface area contributed by atoms with Crippen LogP contribution in [-0.4, -0.2) is 52.0 Å². The molecule has 3 aromatic rings. The van der Waals surface area contributed by atoms with Crippen molar-refractivity contribution < 1.29 is 19.1 Å². The predicted octanol–water partition coefficient (Wildman–Crippen LogP) is 6.91. The second-order valence-corrected chi connectivity index (χ2v) is 11.4. The zero-order chi connectivity index (χ0) is 28.0. The van der Waals surface area contributed by atoms with Crippen LogP contribution in [0.25, 0.3) is 6.08 Å². The summed E-state index contributed by atoms with van der Waals surface area (Å²) in [6.45, 7) is 6.82. The second-order valence-electron chi connectivity index (χ2n) is 10.1. The number of pyridine rings is 1. The molecule has 204 valence electrons. The molecule has 1 aromatic heterocycles. The van der Waals surface area contributed by atoms with Gasteiger partial charge in [0, 0.05) is 46.0 Å². The summed E-state index contributed by atoms with van der Waals surface area (Å²) in [5, 5.41) is 0.535. The van der Waals surface area contributed by atoms with Gasteiger partial charge in [0.05, 0.1) is 18.3 Å². The fourth-order valence-corrected chi connectivity index (χ4v) is 4.75. The lowest BCUT2D eigenvalue weighted by Gasteiger charge is -2.41. The van der Waals surface area contributed by atoms with Gasteiger partial charge in [-0.15, -0.1) is 0 Å². The van der Waals surface area contributed by atoms with Gasteiger partial charge in [0.1, 0.15) is 18.0 Å². The zero-order valence-electron chi connectivity index (χ0n) is 22.1. The van der Waals surface area contributed by atoms with Gasteiger partial charge in [0.15, 0.2) is 0 Å². The molecule has 2 heterocycles. The summed E-state index contributed by atoms with van der Waals surface area (Å²) < 4.78 is 12.6. The fraction of sp³-hybridized carbons (Fsp3) is 0.300. The quantitative estimate of drug-likeness (QED) is 0.283. The van der Waals surface area contributed by atoms with E-state index in [1.807, 2.05) is 63.2 Å². The summed E-state index contributed by atoms with van der Waals surface area (Å²) in [6.07, 6.45) is 4.49. The largest absolute Gasteiger partial charge is 0.488 e. The molecule has 0 bridgehead atoms. The Morgan fingerprint density at radius 2 is 1.87 bits per heavy atom. The van der Waals surface area contributed by atoms with Gasteiger partial charge in [0.25, 0.3) is 0 Å². The minimum Gasteiger partial charge on any atom is -0.488 e. The molecule has 4 rings (SSSR count). The van der Waals surface area contributed by atoms with E-state index in [-0.39, 0.29) is 12.5 Å². The molecule has 7 nitrogen and oxygen atoms in total. The Labute approximate surface area is 242 Å². The number of nitrogens with zero attached hydrogens (tertiary/aromatic N) is 3. The third kappa shape index (κ3) is 7.83. The lowest BCUT2D eigenvalue weighted by Crippen LogP contribution is -2.53. The number of amides is 2. The van der Waals surface area contributed by atoms with Gasteiger partial charge in [-0.25, -0.2) is 4.79 Å². The van der Waals surface area contributed by atoms with Crippen molar-refractivity contribution in [3.63, 3.8) is 0 Å². The molecular formula is C30H31BrClN3O4. The molecule has 39 heavy (non-hydrogen) atoms. The predicted molar refractivity (Wildman–Crippen MR) is 155 cm³/mol. The number of halogens is 2. The first kappa shape index (κ1) is 28.6. The van der Waals surface area contributed by atoms with Crippen LogP contribution in [0.3, 0.4) is 0 Å². The number of carbonyl (C=O) groups is 2. The van der Waals surface area contributed by atoms with Crippen LogP contribution in [0.15, 0.2) is 77.4 Å². The van der Waals surface area contributed by atoms with Gasteiger partial charge in [-0.05, 0) is 63.2 Å². The standard InChI is InChI=1S/C30H31BrClN3O4/c1-30(2,3)39-29(37)34-16-17-35(26(19-34)25-10-6-7-15-33-25)28(36)14-11-21-18-23(32)12-13-27(21)38-20-22-8-4-5-9-24(22)31/h4-15,18,26H,16-17,19-20H2,1-3H3/b14-11+. The van der Waals surface area contributed by atoms with Crippen molar-refractivity contribution in [1.29, 1.82) is 0 Å². The third-order valence-electron chi connectivity index (χ3n) is 6.06. The Morgan fingerprint density at radius 3 is 2.59 bits per heavy atom. The molecule has 0 N–H and O–H groups in total. The van der Waals surface area contributed by atoms with Crippen LogP contribution in [0.2, 0.25) is 5.02 Å². The number of benzene rings is 2. The molecule has 1 atom stereocenters. The minimum absolute atomic E-state index is 0.203. The molecule has 0 spiro atoms. The molecule has 1 aliphatic rings. The molecule has 0 saturated carbocycles. The maximum atomic E-state index is 13.5. The highest BCUT2D eigenvalue weighted by Crippen LogP contribution is 2.28.